The molecule has 0 aliphatic carbocycles. The minimum Gasteiger partial charge on any atom is -0.497 e. The number of aromatic nitrogens is 4. The summed E-state index contributed by atoms with van der Waals surface area (Å²) in [5.74, 6) is 0.680. The Hall–Kier alpha value is -4.99. The largest absolute Gasteiger partial charge is 0.497 e. The Morgan fingerprint density at radius 2 is 1.76 bits per heavy atom. The third kappa shape index (κ3) is 4.83. The van der Waals surface area contributed by atoms with Gasteiger partial charge in [0.25, 0.3) is 5.56 Å². The van der Waals surface area contributed by atoms with E-state index in [2.05, 4.69) is 15.5 Å². The molecule has 10 nitrogen and oxygen atoms in total. The zero-order chi connectivity index (χ0) is 26.8. The molecule has 0 spiro atoms. The molecule has 0 saturated heterocycles. The number of carbonyl (C=O) groups excluding carboxylic acids is 1. The standard InChI is InChI=1S/C28H25N5O5/c1-17-8-9-18(2)22(14-17)29-24(34)15-32-23-7-5-4-6-21(23)27(35)33(28(32)36)16-25-30-26(31-38-25)19-10-12-20(37-3)13-11-19/h4-14H,15-16H2,1-3H3,(H,29,34). The normalized spacial score (nSPS) is 11.0. The van der Waals surface area contributed by atoms with Crippen molar-refractivity contribution in [1.29, 1.82) is 0 Å². The van der Waals surface area contributed by atoms with Crippen LogP contribution in [0.5, 0.6) is 5.75 Å². The van der Waals surface area contributed by atoms with Crippen molar-refractivity contribution in [2.75, 3.05) is 12.4 Å². The van der Waals surface area contributed by atoms with Crippen molar-refractivity contribution >= 4 is 22.5 Å². The van der Waals surface area contributed by atoms with E-state index in [0.29, 0.717) is 33.7 Å². The summed E-state index contributed by atoms with van der Waals surface area (Å²) in [6, 6.07) is 19.5. The first-order chi connectivity index (χ1) is 18.3. The lowest BCUT2D eigenvalue weighted by molar-refractivity contribution is -0.116. The number of rotatable bonds is 7. The number of nitrogens with one attached hydrogen (secondary N) is 1. The van der Waals surface area contributed by atoms with Crippen molar-refractivity contribution < 1.29 is 14.1 Å². The van der Waals surface area contributed by atoms with Crippen molar-refractivity contribution in [3.63, 3.8) is 0 Å². The van der Waals surface area contributed by atoms with Gasteiger partial charge < -0.3 is 14.6 Å². The fraction of sp³-hybridized carbons (Fsp3) is 0.179. The number of fused-ring (bicyclic) bond motifs is 1. The van der Waals surface area contributed by atoms with E-state index in [9.17, 15) is 14.4 Å². The molecule has 0 aliphatic heterocycles. The number of methoxy groups -OCH3 is 1. The number of amides is 1. The minimum absolute atomic E-state index is 0.0803. The van der Waals surface area contributed by atoms with Crippen LogP contribution in [0.15, 0.2) is 80.8 Å². The average molecular weight is 512 g/mol. The summed E-state index contributed by atoms with van der Waals surface area (Å²) >= 11 is 0. The summed E-state index contributed by atoms with van der Waals surface area (Å²) < 4.78 is 12.8. The molecular weight excluding hydrogens is 486 g/mol. The molecule has 0 saturated carbocycles. The van der Waals surface area contributed by atoms with Gasteiger partial charge in [-0.2, -0.15) is 4.98 Å². The summed E-state index contributed by atoms with van der Waals surface area (Å²) in [4.78, 5) is 44.1. The number of benzene rings is 3. The molecule has 192 valence electrons. The SMILES string of the molecule is COc1ccc(-c2noc(Cn3c(=O)c4ccccc4n(CC(=O)Nc4cc(C)ccc4C)c3=O)n2)cc1. The second-order valence-corrected chi connectivity index (χ2v) is 8.88. The zero-order valence-corrected chi connectivity index (χ0v) is 21.1. The topological polar surface area (TPSA) is 121 Å². The predicted molar refractivity (Wildman–Crippen MR) is 142 cm³/mol. The van der Waals surface area contributed by atoms with Crippen LogP contribution in [-0.2, 0) is 17.9 Å². The highest BCUT2D eigenvalue weighted by Gasteiger charge is 2.18. The molecular formula is C28H25N5O5. The van der Waals surface area contributed by atoms with E-state index in [1.165, 1.54) is 4.57 Å². The Kier molecular flexibility index (Phi) is 6.61. The first kappa shape index (κ1) is 24.7. The van der Waals surface area contributed by atoms with Gasteiger partial charge in [0.1, 0.15) is 18.8 Å². The lowest BCUT2D eigenvalue weighted by Crippen LogP contribution is -2.42. The maximum Gasteiger partial charge on any atom is 0.332 e. The fourth-order valence-electron chi connectivity index (χ4n) is 4.18. The zero-order valence-electron chi connectivity index (χ0n) is 21.1. The molecule has 0 atom stereocenters. The molecule has 5 aromatic rings. The van der Waals surface area contributed by atoms with Crippen molar-refractivity contribution in [3.8, 4) is 17.1 Å². The van der Waals surface area contributed by atoms with Crippen LogP contribution < -0.4 is 21.3 Å². The Morgan fingerprint density at radius 1 is 1.00 bits per heavy atom. The van der Waals surface area contributed by atoms with Crippen LogP contribution in [0, 0.1) is 13.8 Å². The monoisotopic (exact) mass is 511 g/mol. The number of nitrogens with zero attached hydrogens (tertiary/aromatic N) is 4. The van der Waals surface area contributed by atoms with Gasteiger partial charge in [-0.15, -0.1) is 0 Å². The quantitative estimate of drug-likeness (QED) is 0.355. The summed E-state index contributed by atoms with van der Waals surface area (Å²) in [5, 5.41) is 7.14. The Balaban J connectivity index is 1.49. The molecule has 0 bridgehead atoms. The van der Waals surface area contributed by atoms with Gasteiger partial charge in [0.05, 0.1) is 18.0 Å². The van der Waals surface area contributed by atoms with Crippen LogP contribution in [0.25, 0.3) is 22.3 Å². The van der Waals surface area contributed by atoms with Gasteiger partial charge in [-0.05, 0) is 67.4 Å². The van der Waals surface area contributed by atoms with Crippen molar-refractivity contribution in [2.24, 2.45) is 0 Å². The van der Waals surface area contributed by atoms with Crippen LogP contribution in [0.2, 0.25) is 0 Å². The number of hydrogen-bond acceptors (Lipinski definition) is 7. The first-order valence-corrected chi connectivity index (χ1v) is 11.9. The van der Waals surface area contributed by atoms with Gasteiger partial charge in [-0.1, -0.05) is 29.4 Å². The van der Waals surface area contributed by atoms with Gasteiger partial charge in [0.15, 0.2) is 0 Å². The Morgan fingerprint density at radius 3 is 2.53 bits per heavy atom. The number of anilines is 1. The van der Waals surface area contributed by atoms with Gasteiger partial charge in [-0.3, -0.25) is 18.7 Å². The lowest BCUT2D eigenvalue weighted by Gasteiger charge is -2.14. The average Bonchev–Trinajstić information content (AvgIpc) is 3.40. The molecule has 2 aromatic heterocycles. The molecule has 1 amide bonds. The maximum absolute atomic E-state index is 13.5. The second-order valence-electron chi connectivity index (χ2n) is 8.88. The molecule has 2 heterocycles. The number of carbonyl (C=O) groups is 1. The highest BCUT2D eigenvalue weighted by molar-refractivity contribution is 5.92. The minimum atomic E-state index is -0.658. The highest BCUT2D eigenvalue weighted by Crippen LogP contribution is 2.20. The van der Waals surface area contributed by atoms with Gasteiger partial charge in [0, 0.05) is 11.3 Å². The Bertz CT molecular complexity index is 1770. The van der Waals surface area contributed by atoms with Crippen molar-refractivity contribution in [1.82, 2.24) is 19.3 Å². The predicted octanol–water partition coefficient (Wildman–Crippen LogP) is 3.53. The summed E-state index contributed by atoms with van der Waals surface area (Å²) in [5.41, 5.74) is 2.44. The third-order valence-electron chi connectivity index (χ3n) is 6.21. The third-order valence-corrected chi connectivity index (χ3v) is 6.21. The molecule has 10 heteroatoms. The number of para-hydroxylation sites is 1. The van der Waals surface area contributed by atoms with E-state index in [0.717, 1.165) is 15.7 Å². The number of hydrogen-bond donors (Lipinski definition) is 1. The summed E-state index contributed by atoms with van der Waals surface area (Å²) in [7, 11) is 1.57. The second kappa shape index (κ2) is 10.2. The number of aryl methyl sites for hydroxylation is 2. The number of ether oxygens (including phenoxy) is 1. The molecule has 1 N–H and O–H groups in total. The highest BCUT2D eigenvalue weighted by atomic mass is 16.5. The molecule has 0 fully saturated rings. The summed E-state index contributed by atoms with van der Waals surface area (Å²) in [6.45, 7) is 3.29. The van der Waals surface area contributed by atoms with Crippen molar-refractivity contribution in [3.05, 3.63) is 105 Å². The van der Waals surface area contributed by atoms with Crippen LogP contribution in [0.1, 0.15) is 17.0 Å². The Labute approximate surface area is 217 Å². The van der Waals surface area contributed by atoms with Gasteiger partial charge in [-0.25, -0.2) is 4.79 Å². The van der Waals surface area contributed by atoms with E-state index in [4.69, 9.17) is 9.26 Å². The molecule has 3 aromatic carbocycles. The molecule has 0 radical (unpaired) electrons. The van der Waals surface area contributed by atoms with Crippen LogP contribution in [0.3, 0.4) is 0 Å². The van der Waals surface area contributed by atoms with Crippen molar-refractivity contribution in [2.45, 2.75) is 26.9 Å². The lowest BCUT2D eigenvalue weighted by atomic mass is 10.1. The molecule has 0 aliphatic rings. The van der Waals surface area contributed by atoms with E-state index in [1.54, 1.807) is 55.6 Å². The first-order valence-electron chi connectivity index (χ1n) is 11.9. The van der Waals surface area contributed by atoms with E-state index < -0.39 is 17.2 Å². The molecule has 0 unspecified atom stereocenters. The van der Waals surface area contributed by atoms with Crippen LogP contribution in [-0.4, -0.2) is 32.3 Å². The van der Waals surface area contributed by atoms with E-state index in [1.807, 2.05) is 32.0 Å². The summed E-state index contributed by atoms with van der Waals surface area (Å²) in [6.07, 6.45) is 0. The molecule has 38 heavy (non-hydrogen) atoms. The van der Waals surface area contributed by atoms with Crippen LogP contribution >= 0.6 is 0 Å². The fourth-order valence-corrected chi connectivity index (χ4v) is 4.18. The van der Waals surface area contributed by atoms with E-state index >= 15 is 0 Å². The smallest absolute Gasteiger partial charge is 0.332 e. The molecule has 5 rings (SSSR count). The maximum atomic E-state index is 13.5. The van der Waals surface area contributed by atoms with Gasteiger partial charge >= 0.3 is 5.69 Å². The van der Waals surface area contributed by atoms with Crippen LogP contribution in [0.4, 0.5) is 5.69 Å². The van der Waals surface area contributed by atoms with Gasteiger partial charge in [0.2, 0.25) is 17.6 Å². The van der Waals surface area contributed by atoms with E-state index in [-0.39, 0.29) is 19.0 Å².